The van der Waals surface area contributed by atoms with E-state index in [-0.39, 0.29) is 0 Å². The van der Waals surface area contributed by atoms with Crippen molar-refractivity contribution < 1.29 is 0 Å². The molecule has 2 fully saturated rings. The lowest BCUT2D eigenvalue weighted by Crippen LogP contribution is -2.48. The van der Waals surface area contributed by atoms with E-state index in [4.69, 9.17) is 0 Å². The molecule has 1 heteroatoms. The van der Waals surface area contributed by atoms with Gasteiger partial charge in [-0.25, -0.2) is 0 Å². The molecule has 5 rings (SSSR count). The highest BCUT2D eigenvalue weighted by atomic mass is 15.2. The number of likely N-dealkylation sites (N-methyl/N-ethyl adjacent to an activating group) is 1. The molecule has 2 heterocycles. The van der Waals surface area contributed by atoms with Crippen LogP contribution in [0.4, 0.5) is 0 Å². The molecule has 16 heavy (non-hydrogen) atoms. The van der Waals surface area contributed by atoms with E-state index in [1.54, 1.807) is 11.1 Å². The van der Waals surface area contributed by atoms with Gasteiger partial charge >= 0.3 is 0 Å². The quantitative estimate of drug-likeness (QED) is 0.639. The summed E-state index contributed by atoms with van der Waals surface area (Å²) in [6.45, 7) is 1.29. The van der Waals surface area contributed by atoms with Gasteiger partial charge in [0.25, 0.3) is 0 Å². The highest BCUT2D eigenvalue weighted by Gasteiger charge is 2.50. The first-order chi connectivity index (χ1) is 7.86. The molecule has 0 amide bonds. The zero-order valence-electron chi connectivity index (χ0n) is 9.89. The summed E-state index contributed by atoms with van der Waals surface area (Å²) in [5, 5.41) is 0. The summed E-state index contributed by atoms with van der Waals surface area (Å²) in [7, 11) is 2.32. The van der Waals surface area contributed by atoms with Crippen LogP contribution in [0.2, 0.25) is 0 Å². The number of rotatable bonds is 0. The van der Waals surface area contributed by atoms with E-state index in [9.17, 15) is 0 Å². The number of hydrogen-bond donors (Lipinski definition) is 0. The molecule has 2 bridgehead atoms. The molecular formula is C15H19N. The summed E-state index contributed by atoms with van der Waals surface area (Å²) >= 11 is 0. The lowest BCUT2D eigenvalue weighted by molar-refractivity contribution is 0.0466. The van der Waals surface area contributed by atoms with Crippen molar-refractivity contribution >= 4 is 0 Å². The second kappa shape index (κ2) is 3.10. The Morgan fingerprint density at radius 1 is 1.06 bits per heavy atom. The van der Waals surface area contributed by atoms with Crippen LogP contribution >= 0.6 is 0 Å². The van der Waals surface area contributed by atoms with Crippen molar-refractivity contribution in [3.05, 3.63) is 35.4 Å². The average molecular weight is 213 g/mol. The molecule has 1 aromatic rings. The van der Waals surface area contributed by atoms with E-state index in [1.807, 2.05) is 0 Å². The molecule has 84 valence electrons. The predicted octanol–water partition coefficient (Wildman–Crippen LogP) is 3.19. The number of nitrogens with zero attached hydrogens (tertiary/aromatic N) is 1. The topological polar surface area (TPSA) is 3.24 Å². The molecule has 0 radical (unpaired) electrons. The Morgan fingerprint density at radius 2 is 1.81 bits per heavy atom. The van der Waals surface area contributed by atoms with Gasteiger partial charge in [0.15, 0.2) is 0 Å². The molecule has 2 aliphatic heterocycles. The van der Waals surface area contributed by atoms with Gasteiger partial charge in [0, 0.05) is 18.5 Å². The summed E-state index contributed by atoms with van der Waals surface area (Å²) in [6, 6.07) is 9.93. The number of fused-ring (bicyclic) bond motifs is 1. The summed E-state index contributed by atoms with van der Waals surface area (Å²) in [6.07, 6.45) is 4.41. The molecular weight excluding hydrogens is 194 g/mol. The van der Waals surface area contributed by atoms with E-state index in [0.29, 0.717) is 0 Å². The molecule has 1 aromatic carbocycles. The van der Waals surface area contributed by atoms with E-state index >= 15 is 0 Å². The van der Waals surface area contributed by atoms with Crippen LogP contribution in [0.5, 0.6) is 0 Å². The van der Waals surface area contributed by atoms with Gasteiger partial charge in [-0.3, -0.25) is 4.90 Å². The maximum atomic E-state index is 2.61. The lowest BCUT2D eigenvalue weighted by atomic mass is 9.64. The minimum absolute atomic E-state index is 0.730. The van der Waals surface area contributed by atoms with E-state index in [1.165, 1.54) is 25.8 Å². The fourth-order valence-corrected chi connectivity index (χ4v) is 4.71. The molecule has 4 unspecified atom stereocenters. The van der Waals surface area contributed by atoms with Gasteiger partial charge in [0.2, 0.25) is 0 Å². The van der Waals surface area contributed by atoms with Crippen LogP contribution in [0.25, 0.3) is 0 Å². The van der Waals surface area contributed by atoms with Gasteiger partial charge < -0.3 is 0 Å². The average Bonchev–Trinajstić information content (AvgIpc) is 2.78. The van der Waals surface area contributed by atoms with Crippen molar-refractivity contribution in [1.82, 2.24) is 4.90 Å². The molecule has 1 saturated carbocycles. The Morgan fingerprint density at radius 3 is 2.69 bits per heavy atom. The van der Waals surface area contributed by atoms with Crippen molar-refractivity contribution in [3.63, 3.8) is 0 Å². The smallest absolute Gasteiger partial charge is 0.0379 e. The first-order valence-electron chi connectivity index (χ1n) is 6.65. The van der Waals surface area contributed by atoms with Crippen LogP contribution in [0, 0.1) is 11.8 Å². The standard InChI is InChI=1S/C15H19N/c1-16-9-14-10-5-2-3-6-12(10)15(16)13-8-4-7-11(13)14/h2-3,5-6,11,13-15H,4,7-9H2,1H3. The van der Waals surface area contributed by atoms with Crippen molar-refractivity contribution in [2.75, 3.05) is 13.6 Å². The van der Waals surface area contributed by atoms with Crippen LogP contribution in [-0.2, 0) is 0 Å². The Bertz CT molecular complexity index is 425. The first kappa shape index (κ1) is 9.23. The van der Waals surface area contributed by atoms with E-state index in [2.05, 4.69) is 36.2 Å². The number of piperidine rings is 1. The fourth-order valence-electron chi connectivity index (χ4n) is 4.71. The van der Waals surface area contributed by atoms with Crippen LogP contribution in [0.1, 0.15) is 42.3 Å². The third kappa shape index (κ3) is 1.00. The van der Waals surface area contributed by atoms with Gasteiger partial charge in [0.05, 0.1) is 0 Å². The second-order valence-corrected chi connectivity index (χ2v) is 5.88. The van der Waals surface area contributed by atoms with Gasteiger partial charge in [-0.15, -0.1) is 0 Å². The minimum Gasteiger partial charge on any atom is -0.298 e. The summed E-state index contributed by atoms with van der Waals surface area (Å²) in [5.41, 5.74) is 3.32. The second-order valence-electron chi connectivity index (χ2n) is 5.88. The number of benzene rings is 1. The van der Waals surface area contributed by atoms with Gasteiger partial charge in [-0.05, 0) is 42.9 Å². The first-order valence-corrected chi connectivity index (χ1v) is 6.65. The monoisotopic (exact) mass is 213 g/mol. The zero-order chi connectivity index (χ0) is 10.7. The molecule has 1 nitrogen and oxygen atoms in total. The lowest BCUT2D eigenvalue weighted by Gasteiger charge is -2.52. The molecule has 4 aliphatic rings. The molecule has 2 aliphatic carbocycles. The third-order valence-corrected chi connectivity index (χ3v) is 5.22. The molecule has 4 atom stereocenters. The minimum atomic E-state index is 0.730. The Hall–Kier alpha value is -0.820. The summed E-state index contributed by atoms with van der Waals surface area (Å²) in [5.74, 6) is 2.79. The van der Waals surface area contributed by atoms with Gasteiger partial charge in [-0.1, -0.05) is 30.7 Å². The third-order valence-electron chi connectivity index (χ3n) is 5.22. The predicted molar refractivity (Wildman–Crippen MR) is 65.4 cm³/mol. The van der Waals surface area contributed by atoms with Crippen molar-refractivity contribution in [3.8, 4) is 0 Å². The van der Waals surface area contributed by atoms with Crippen LogP contribution in [0.15, 0.2) is 24.3 Å². The van der Waals surface area contributed by atoms with Crippen LogP contribution < -0.4 is 0 Å². The van der Waals surface area contributed by atoms with Crippen LogP contribution in [0.3, 0.4) is 0 Å². The molecule has 0 N–H and O–H groups in total. The van der Waals surface area contributed by atoms with E-state index in [0.717, 1.165) is 23.8 Å². The van der Waals surface area contributed by atoms with Crippen molar-refractivity contribution in [2.45, 2.75) is 31.2 Å². The van der Waals surface area contributed by atoms with Crippen molar-refractivity contribution in [1.29, 1.82) is 0 Å². The van der Waals surface area contributed by atoms with E-state index < -0.39 is 0 Å². The highest BCUT2D eigenvalue weighted by Crippen LogP contribution is 2.58. The SMILES string of the molecule is CN1CC2c3ccccc3C1C1CCCC21. The molecule has 1 saturated heterocycles. The Labute approximate surface area is 97.5 Å². The summed E-state index contributed by atoms with van der Waals surface area (Å²) < 4.78 is 0. The molecule has 0 aromatic heterocycles. The number of hydrogen-bond acceptors (Lipinski definition) is 1. The zero-order valence-corrected chi connectivity index (χ0v) is 9.89. The Balaban J connectivity index is 1.91. The van der Waals surface area contributed by atoms with Crippen LogP contribution in [-0.4, -0.2) is 18.5 Å². The summed E-state index contributed by atoms with van der Waals surface area (Å²) in [4.78, 5) is 2.61. The fraction of sp³-hybridized carbons (Fsp3) is 0.600. The maximum Gasteiger partial charge on any atom is 0.0379 e. The highest BCUT2D eigenvalue weighted by molar-refractivity contribution is 5.40. The normalized spacial score (nSPS) is 40.8. The largest absolute Gasteiger partial charge is 0.298 e. The molecule has 0 spiro atoms. The van der Waals surface area contributed by atoms with Gasteiger partial charge in [-0.2, -0.15) is 0 Å². The maximum absolute atomic E-state index is 2.61. The Kier molecular flexibility index (Phi) is 1.79. The van der Waals surface area contributed by atoms with Gasteiger partial charge in [0.1, 0.15) is 0 Å². The van der Waals surface area contributed by atoms with Crippen molar-refractivity contribution in [2.24, 2.45) is 11.8 Å².